The van der Waals surface area contributed by atoms with Crippen LogP contribution in [-0.2, 0) is 38.1 Å². The van der Waals surface area contributed by atoms with E-state index in [2.05, 4.69) is 5.32 Å². The van der Waals surface area contributed by atoms with Crippen LogP contribution < -0.4 is 10.1 Å². The molecule has 1 saturated heterocycles. The third kappa shape index (κ3) is 7.11. The van der Waals surface area contributed by atoms with E-state index in [1.165, 1.54) is 13.8 Å². The van der Waals surface area contributed by atoms with E-state index in [-0.39, 0.29) is 17.4 Å². The summed E-state index contributed by atoms with van der Waals surface area (Å²) >= 11 is 6.16. The summed E-state index contributed by atoms with van der Waals surface area (Å²) in [5.41, 5.74) is 0. The second kappa shape index (κ2) is 11.0. The van der Waals surface area contributed by atoms with Crippen LogP contribution in [0.25, 0.3) is 0 Å². The van der Waals surface area contributed by atoms with Gasteiger partial charge in [0.15, 0.2) is 12.2 Å². The summed E-state index contributed by atoms with van der Waals surface area (Å²) in [6.07, 6.45) is -4.68. The first-order valence-corrected chi connectivity index (χ1v) is 9.77. The van der Waals surface area contributed by atoms with Crippen LogP contribution in [0.3, 0.4) is 0 Å². The fourth-order valence-corrected chi connectivity index (χ4v) is 3.24. The predicted octanol–water partition coefficient (Wildman–Crippen LogP) is 1.37. The summed E-state index contributed by atoms with van der Waals surface area (Å²) in [5, 5.41) is 2.88. The third-order valence-electron chi connectivity index (χ3n) is 4.15. The first-order chi connectivity index (χ1) is 14.6. The number of benzene rings is 1. The average Bonchev–Trinajstić information content (AvgIpc) is 2.65. The Balaban J connectivity index is 2.46. The largest absolute Gasteiger partial charge is 0.463 e. The molecular formula is C20H24ClNO9. The van der Waals surface area contributed by atoms with Crippen LogP contribution >= 0.6 is 11.6 Å². The number of nitrogens with one attached hydrogen (secondary N) is 1. The Labute approximate surface area is 184 Å². The normalized spacial score (nSPS) is 25.1. The molecule has 0 aliphatic carbocycles. The van der Waals surface area contributed by atoms with E-state index in [4.69, 9.17) is 35.3 Å². The molecular weight excluding hydrogens is 434 g/mol. The van der Waals surface area contributed by atoms with Crippen molar-refractivity contribution in [3.8, 4) is 5.75 Å². The number of carbonyl (C=O) groups is 4. The van der Waals surface area contributed by atoms with Crippen molar-refractivity contribution in [1.82, 2.24) is 5.32 Å². The molecule has 0 spiro atoms. The molecule has 1 aliphatic rings. The summed E-state index contributed by atoms with van der Waals surface area (Å²) in [6, 6.07) is 5.48. The van der Waals surface area contributed by atoms with E-state index < -0.39 is 54.5 Å². The lowest BCUT2D eigenvalue weighted by Crippen LogP contribution is -2.67. The van der Waals surface area contributed by atoms with Gasteiger partial charge in [-0.15, -0.1) is 0 Å². The molecule has 31 heavy (non-hydrogen) atoms. The van der Waals surface area contributed by atoms with Gasteiger partial charge in [0.25, 0.3) is 0 Å². The Hall–Kier alpha value is -2.85. The van der Waals surface area contributed by atoms with Crippen molar-refractivity contribution in [2.24, 2.45) is 0 Å². The van der Waals surface area contributed by atoms with Gasteiger partial charge in [0, 0.05) is 27.7 Å². The minimum Gasteiger partial charge on any atom is -0.463 e. The number of para-hydroxylation sites is 1. The van der Waals surface area contributed by atoms with Gasteiger partial charge in [-0.2, -0.15) is 0 Å². The number of halogens is 1. The summed E-state index contributed by atoms with van der Waals surface area (Å²) < 4.78 is 27.5. The zero-order valence-corrected chi connectivity index (χ0v) is 18.2. The van der Waals surface area contributed by atoms with E-state index in [1.54, 1.807) is 24.3 Å². The summed E-state index contributed by atoms with van der Waals surface area (Å²) in [6.45, 7) is 4.46. The van der Waals surface area contributed by atoms with Crippen molar-refractivity contribution in [1.29, 1.82) is 0 Å². The van der Waals surface area contributed by atoms with Crippen molar-refractivity contribution >= 4 is 35.4 Å². The predicted molar refractivity (Wildman–Crippen MR) is 106 cm³/mol. The number of hydrogen-bond donors (Lipinski definition) is 1. The highest BCUT2D eigenvalue weighted by Crippen LogP contribution is 2.31. The van der Waals surface area contributed by atoms with Gasteiger partial charge in [0.2, 0.25) is 12.2 Å². The molecule has 10 nitrogen and oxygen atoms in total. The molecule has 1 aliphatic heterocycles. The standard InChI is InChI=1S/C20H24ClNO9/c1-10(23)22-17-19(29-13(4)26)18(28-12(3)25)16(9-27-11(2)24)31-20(17)30-15-8-6-5-7-14(15)21/h5-8,16-20H,9H2,1-4H3,(H,22,23)/t16-,17+,18-,19+,20-/m1/s1. The first kappa shape index (κ1) is 24.4. The summed E-state index contributed by atoms with van der Waals surface area (Å²) in [5.74, 6) is -2.21. The second-order valence-electron chi connectivity index (χ2n) is 6.77. The number of rotatable bonds is 7. The van der Waals surface area contributed by atoms with Crippen molar-refractivity contribution in [3.05, 3.63) is 29.3 Å². The Morgan fingerprint density at radius 1 is 0.968 bits per heavy atom. The SMILES string of the molecule is CC(=O)N[C@@H]1[C@H](Oc2ccccc2Cl)O[C@H](COC(C)=O)[C@@H](OC(C)=O)[C@H]1OC(C)=O. The van der Waals surface area contributed by atoms with Gasteiger partial charge in [0.05, 0.1) is 5.02 Å². The minimum absolute atomic E-state index is 0.239. The van der Waals surface area contributed by atoms with E-state index in [0.29, 0.717) is 0 Å². The molecule has 1 N–H and O–H groups in total. The molecule has 0 bridgehead atoms. The van der Waals surface area contributed by atoms with Crippen LogP contribution in [0, 0.1) is 0 Å². The van der Waals surface area contributed by atoms with Gasteiger partial charge in [-0.05, 0) is 12.1 Å². The second-order valence-corrected chi connectivity index (χ2v) is 7.18. The smallest absolute Gasteiger partial charge is 0.303 e. The fraction of sp³-hybridized carbons (Fsp3) is 0.500. The maximum Gasteiger partial charge on any atom is 0.303 e. The third-order valence-corrected chi connectivity index (χ3v) is 4.46. The molecule has 1 heterocycles. The Bertz CT molecular complexity index is 831. The number of amides is 1. The van der Waals surface area contributed by atoms with Crippen molar-refractivity contribution in [3.63, 3.8) is 0 Å². The number of carbonyl (C=O) groups excluding carboxylic acids is 4. The quantitative estimate of drug-likeness (QED) is 0.477. The van der Waals surface area contributed by atoms with E-state index in [1.807, 2.05) is 0 Å². The molecule has 0 saturated carbocycles. The lowest BCUT2D eigenvalue weighted by molar-refractivity contribution is -0.257. The minimum atomic E-state index is -1.22. The zero-order valence-electron chi connectivity index (χ0n) is 17.5. The van der Waals surface area contributed by atoms with E-state index >= 15 is 0 Å². The van der Waals surface area contributed by atoms with Crippen molar-refractivity contribution < 1.29 is 42.9 Å². The molecule has 1 amide bonds. The molecule has 0 aromatic heterocycles. The van der Waals surface area contributed by atoms with Gasteiger partial charge in [-0.25, -0.2) is 0 Å². The Morgan fingerprint density at radius 2 is 1.58 bits per heavy atom. The Morgan fingerprint density at radius 3 is 2.13 bits per heavy atom. The molecule has 1 aromatic rings. The van der Waals surface area contributed by atoms with Crippen LogP contribution in [0.4, 0.5) is 0 Å². The van der Waals surface area contributed by atoms with Crippen molar-refractivity contribution in [2.75, 3.05) is 6.61 Å². The van der Waals surface area contributed by atoms with Crippen LogP contribution in [0.5, 0.6) is 5.75 Å². The summed E-state index contributed by atoms with van der Waals surface area (Å²) in [7, 11) is 0. The van der Waals surface area contributed by atoms with Crippen LogP contribution in [0.2, 0.25) is 5.02 Å². The molecule has 2 rings (SSSR count). The number of ether oxygens (including phenoxy) is 5. The van der Waals surface area contributed by atoms with Gasteiger partial charge >= 0.3 is 17.9 Å². The zero-order chi connectivity index (χ0) is 23.1. The van der Waals surface area contributed by atoms with Gasteiger partial charge < -0.3 is 29.0 Å². The lowest BCUT2D eigenvalue weighted by atomic mass is 9.96. The fourth-order valence-electron chi connectivity index (χ4n) is 3.06. The highest BCUT2D eigenvalue weighted by molar-refractivity contribution is 6.32. The van der Waals surface area contributed by atoms with Gasteiger partial charge in [0.1, 0.15) is 24.5 Å². The molecule has 170 valence electrons. The number of esters is 3. The van der Waals surface area contributed by atoms with Gasteiger partial charge in [-0.1, -0.05) is 23.7 Å². The summed E-state index contributed by atoms with van der Waals surface area (Å²) in [4.78, 5) is 46.7. The highest BCUT2D eigenvalue weighted by atomic mass is 35.5. The molecule has 1 aromatic carbocycles. The highest BCUT2D eigenvalue weighted by Gasteiger charge is 2.52. The maximum absolute atomic E-state index is 11.9. The van der Waals surface area contributed by atoms with Crippen LogP contribution in [0.1, 0.15) is 27.7 Å². The molecule has 11 heteroatoms. The average molecular weight is 458 g/mol. The molecule has 1 fully saturated rings. The lowest BCUT2D eigenvalue weighted by Gasteiger charge is -2.44. The van der Waals surface area contributed by atoms with Gasteiger partial charge in [-0.3, -0.25) is 19.2 Å². The maximum atomic E-state index is 11.9. The van der Waals surface area contributed by atoms with Crippen molar-refractivity contribution in [2.45, 2.75) is 58.3 Å². The van der Waals surface area contributed by atoms with E-state index in [0.717, 1.165) is 13.8 Å². The van der Waals surface area contributed by atoms with Crippen LogP contribution in [-0.4, -0.2) is 61.1 Å². The number of hydrogen-bond acceptors (Lipinski definition) is 9. The monoisotopic (exact) mass is 457 g/mol. The molecule has 5 atom stereocenters. The Kier molecular flexibility index (Phi) is 8.64. The van der Waals surface area contributed by atoms with Crippen LogP contribution in [0.15, 0.2) is 24.3 Å². The molecule has 0 radical (unpaired) electrons. The van der Waals surface area contributed by atoms with E-state index in [9.17, 15) is 19.2 Å². The molecule has 0 unspecified atom stereocenters. The first-order valence-electron chi connectivity index (χ1n) is 9.40. The topological polar surface area (TPSA) is 126 Å².